The number of azide groups is 2. The Morgan fingerprint density at radius 1 is 1.24 bits per heavy atom. The number of fused-ring (bicyclic) bond motifs is 1. The highest BCUT2D eigenvalue weighted by molar-refractivity contribution is 6.03. The lowest BCUT2D eigenvalue weighted by molar-refractivity contribution is -0.117. The van der Waals surface area contributed by atoms with Crippen LogP contribution < -0.4 is 25.8 Å². The Morgan fingerprint density at radius 2 is 2.00 bits per heavy atom. The number of anilines is 4. The Bertz CT molecular complexity index is 1330. The molecule has 2 aliphatic rings. The lowest BCUT2D eigenvalue weighted by Crippen LogP contribution is -2.56. The number of hydrazine groups is 1. The third-order valence-electron chi connectivity index (χ3n) is 6.05. The number of carbonyl (C=O) groups excluding carboxylic acids is 2. The van der Waals surface area contributed by atoms with E-state index in [1.165, 1.54) is 23.2 Å². The van der Waals surface area contributed by atoms with Gasteiger partial charge in [-0.15, -0.1) is 4.91 Å². The van der Waals surface area contributed by atoms with Gasteiger partial charge in [0, 0.05) is 34.3 Å². The predicted molar refractivity (Wildman–Crippen MR) is 135 cm³/mol. The Balaban J connectivity index is 1.72. The molecule has 0 unspecified atom stereocenters. The number of hydrogen-bond donors (Lipinski definition) is 2. The van der Waals surface area contributed by atoms with E-state index in [0.717, 1.165) is 0 Å². The average molecular weight is 522 g/mol. The molecule has 1 saturated heterocycles. The number of pyridine rings is 1. The van der Waals surface area contributed by atoms with Crippen LogP contribution in [0.25, 0.3) is 20.9 Å². The van der Waals surface area contributed by atoms with Gasteiger partial charge in [-0.25, -0.2) is 10.8 Å². The maximum absolute atomic E-state index is 12.9. The number of nitroso groups, excluding NO2 is 1. The molecule has 3 heterocycles. The average Bonchev–Trinajstić information content (AvgIpc) is 2.95. The summed E-state index contributed by atoms with van der Waals surface area (Å²) < 4.78 is 10.7. The van der Waals surface area contributed by atoms with E-state index in [2.05, 4.69) is 30.5 Å². The van der Waals surface area contributed by atoms with Gasteiger partial charge in [-0.3, -0.25) is 14.6 Å². The third-order valence-corrected chi connectivity index (χ3v) is 6.05. The molecule has 1 aromatic carbocycles. The highest BCUT2D eigenvalue weighted by atomic mass is 16.5. The zero-order valence-electron chi connectivity index (χ0n) is 19.9. The molecule has 17 nitrogen and oxygen atoms in total. The molecule has 0 spiro atoms. The summed E-state index contributed by atoms with van der Waals surface area (Å²) in [5, 5.41) is 13.3. The second kappa shape index (κ2) is 11.9. The molecule has 0 radical (unpaired) electrons. The van der Waals surface area contributed by atoms with Crippen LogP contribution in [0.15, 0.2) is 45.7 Å². The highest BCUT2D eigenvalue weighted by Gasteiger charge is 2.38. The molecule has 0 bridgehead atoms. The van der Waals surface area contributed by atoms with Crippen molar-refractivity contribution in [2.24, 2.45) is 21.2 Å². The number of amides is 2. The lowest BCUT2D eigenvalue weighted by Gasteiger charge is -2.43. The monoisotopic (exact) mass is 522 g/mol. The Labute approximate surface area is 214 Å². The molecule has 4 rings (SSSR count). The summed E-state index contributed by atoms with van der Waals surface area (Å²) in [6.07, 6.45) is 1.28. The quantitative estimate of drug-likeness (QED) is 0.122. The number of carbonyl (C=O) groups is 2. The minimum atomic E-state index is -1.11. The molecule has 1 aromatic heterocycles. The van der Waals surface area contributed by atoms with Crippen LogP contribution in [0.1, 0.15) is 23.2 Å². The second-order valence-electron chi connectivity index (χ2n) is 8.16. The number of nitrogens with zero attached hydrogens (tertiary/aromatic N) is 10. The second-order valence-corrected chi connectivity index (χ2v) is 8.16. The molecule has 3 N–H and O–H groups in total. The van der Waals surface area contributed by atoms with Crippen LogP contribution in [0, 0.1) is 4.91 Å². The minimum Gasteiger partial charge on any atom is -0.487 e. The fraction of sp³-hybridized carbons (Fsp3) is 0.381. The summed E-state index contributed by atoms with van der Waals surface area (Å²) in [7, 11) is 0. The van der Waals surface area contributed by atoms with Crippen molar-refractivity contribution in [3.05, 3.63) is 61.7 Å². The van der Waals surface area contributed by atoms with Gasteiger partial charge in [-0.05, 0) is 54.2 Å². The van der Waals surface area contributed by atoms with Crippen molar-refractivity contribution in [3.63, 3.8) is 0 Å². The van der Waals surface area contributed by atoms with Crippen molar-refractivity contribution in [2.45, 2.75) is 24.9 Å². The first kappa shape index (κ1) is 26.1. The molecule has 1 atom stereocenters. The molecule has 1 fully saturated rings. The van der Waals surface area contributed by atoms with Gasteiger partial charge in [-0.2, -0.15) is 0 Å². The van der Waals surface area contributed by atoms with Crippen LogP contribution in [0.4, 0.5) is 23.0 Å². The SMILES string of the molecule is [N-]=[N+]=NCOc1ccc(N(N)c2ccc3c(n2)N(C2CCOCC2)[C@H](CN=[N+]=[N-])C(=O)N3)cc1C(=O)N=O. The molecule has 0 saturated carbocycles. The van der Waals surface area contributed by atoms with Crippen molar-refractivity contribution in [3.8, 4) is 5.75 Å². The van der Waals surface area contributed by atoms with E-state index in [9.17, 15) is 14.5 Å². The topological polar surface area (TPSA) is 237 Å². The van der Waals surface area contributed by atoms with Crippen LogP contribution in [-0.2, 0) is 9.53 Å². The zero-order valence-corrected chi connectivity index (χ0v) is 19.9. The number of hydrogen-bond acceptors (Lipinski definition) is 11. The van der Waals surface area contributed by atoms with Gasteiger partial charge in [0.2, 0.25) is 5.91 Å². The van der Waals surface area contributed by atoms with Gasteiger partial charge in [0.05, 0.1) is 23.5 Å². The van der Waals surface area contributed by atoms with Crippen LogP contribution >= 0.6 is 0 Å². The molecule has 2 aromatic rings. The predicted octanol–water partition coefficient (Wildman–Crippen LogP) is 3.26. The van der Waals surface area contributed by atoms with Crippen LogP contribution in [-0.4, -0.2) is 55.4 Å². The van der Waals surface area contributed by atoms with Crippen LogP contribution in [0.2, 0.25) is 0 Å². The lowest BCUT2D eigenvalue weighted by atomic mass is 10.0. The largest absolute Gasteiger partial charge is 0.487 e. The Kier molecular flexibility index (Phi) is 8.15. The van der Waals surface area contributed by atoms with Gasteiger partial charge in [0.25, 0.3) is 0 Å². The number of nitrogens with one attached hydrogen (secondary N) is 1. The van der Waals surface area contributed by atoms with Gasteiger partial charge in [0.1, 0.15) is 17.6 Å². The molecular formula is C21H22N12O5. The van der Waals surface area contributed by atoms with E-state index >= 15 is 0 Å². The minimum absolute atomic E-state index is 0.0214. The van der Waals surface area contributed by atoms with E-state index in [4.69, 9.17) is 31.4 Å². The molecule has 38 heavy (non-hydrogen) atoms. The molecule has 0 aliphatic carbocycles. The van der Waals surface area contributed by atoms with E-state index in [1.807, 2.05) is 4.90 Å². The van der Waals surface area contributed by atoms with Crippen molar-refractivity contribution in [2.75, 3.05) is 41.7 Å². The number of rotatable bonds is 9. The molecular weight excluding hydrogens is 500 g/mol. The normalized spacial score (nSPS) is 16.8. The number of benzene rings is 1. The summed E-state index contributed by atoms with van der Waals surface area (Å²) in [5.41, 5.74) is 17.8. The molecule has 17 heteroatoms. The van der Waals surface area contributed by atoms with Crippen molar-refractivity contribution >= 4 is 34.8 Å². The highest BCUT2D eigenvalue weighted by Crippen LogP contribution is 2.37. The number of nitrogens with two attached hydrogens (primary N) is 1. The third kappa shape index (κ3) is 5.40. The molecule has 2 amide bonds. The number of ether oxygens (including phenoxy) is 2. The smallest absolute Gasteiger partial charge is 0.320 e. The van der Waals surface area contributed by atoms with Crippen molar-refractivity contribution in [1.29, 1.82) is 0 Å². The van der Waals surface area contributed by atoms with Crippen molar-refractivity contribution in [1.82, 2.24) is 4.98 Å². The summed E-state index contributed by atoms with van der Waals surface area (Å²) in [6.45, 7) is 0.507. The van der Waals surface area contributed by atoms with E-state index < -0.39 is 18.7 Å². The molecule has 2 aliphatic heterocycles. The van der Waals surface area contributed by atoms with Gasteiger partial charge < -0.3 is 19.7 Å². The summed E-state index contributed by atoms with van der Waals surface area (Å²) >= 11 is 0. The summed E-state index contributed by atoms with van der Waals surface area (Å²) in [6, 6.07) is 6.50. The summed E-state index contributed by atoms with van der Waals surface area (Å²) in [4.78, 5) is 47.8. The van der Waals surface area contributed by atoms with E-state index in [0.29, 0.717) is 37.6 Å². The van der Waals surface area contributed by atoms with Gasteiger partial charge >= 0.3 is 5.91 Å². The standard InChI is InChI=1S/C21H22N12O5/c22-30-25-10-16-21(35)27-15-2-4-18(28-19(15)32(16)12-5-7-37-8-6-12)33(24)13-1-3-17(38-11-26-31-23)14(9-13)20(34)29-36/h1-4,9,12,16H,5-8,10-11,24H2,(H,27,35)/t16-/m1/s1. The Morgan fingerprint density at radius 3 is 2.71 bits per heavy atom. The zero-order chi connectivity index (χ0) is 27.1. The first-order chi connectivity index (χ1) is 18.5. The fourth-order valence-electron chi connectivity index (χ4n) is 4.30. The fourth-order valence-corrected chi connectivity index (χ4v) is 4.30. The van der Waals surface area contributed by atoms with Crippen LogP contribution in [0.3, 0.4) is 0 Å². The van der Waals surface area contributed by atoms with Crippen molar-refractivity contribution < 1.29 is 19.1 Å². The van der Waals surface area contributed by atoms with Crippen LogP contribution in [0.5, 0.6) is 5.75 Å². The Hall–Kier alpha value is -4.95. The maximum atomic E-state index is 12.9. The number of aromatic nitrogens is 1. The maximum Gasteiger partial charge on any atom is 0.320 e. The summed E-state index contributed by atoms with van der Waals surface area (Å²) in [5.74, 6) is 5.58. The first-order valence-corrected chi connectivity index (χ1v) is 11.4. The van der Waals surface area contributed by atoms with Gasteiger partial charge in [0.15, 0.2) is 12.5 Å². The van der Waals surface area contributed by atoms with E-state index in [1.54, 1.807) is 12.1 Å². The van der Waals surface area contributed by atoms with Gasteiger partial charge in [-0.1, -0.05) is 10.2 Å². The van der Waals surface area contributed by atoms with E-state index in [-0.39, 0.29) is 41.3 Å². The molecule has 196 valence electrons. The first-order valence-electron chi connectivity index (χ1n) is 11.4.